The summed E-state index contributed by atoms with van der Waals surface area (Å²) < 4.78 is 25.0. The SMILES string of the molecule is NC1CCCC(C(=O)Nc2cccc(CS(=O)(=O)Cc3ccccc3)c2)C1. The molecule has 2 aromatic rings. The average Bonchev–Trinajstić information content (AvgIpc) is 2.62. The molecule has 0 spiro atoms. The predicted molar refractivity (Wildman–Crippen MR) is 108 cm³/mol. The van der Waals surface area contributed by atoms with E-state index >= 15 is 0 Å². The number of hydrogen-bond acceptors (Lipinski definition) is 4. The minimum Gasteiger partial charge on any atom is -0.328 e. The molecular weight excluding hydrogens is 360 g/mol. The number of nitrogens with two attached hydrogens (primary N) is 1. The number of rotatable bonds is 6. The quantitative estimate of drug-likeness (QED) is 0.797. The van der Waals surface area contributed by atoms with Crippen molar-refractivity contribution in [3.05, 3.63) is 65.7 Å². The Hall–Kier alpha value is -2.18. The van der Waals surface area contributed by atoms with Crippen LogP contribution in [0.1, 0.15) is 36.8 Å². The molecule has 0 bridgehead atoms. The molecule has 0 aliphatic heterocycles. The number of nitrogens with one attached hydrogen (secondary N) is 1. The van der Waals surface area contributed by atoms with Crippen LogP contribution in [0.5, 0.6) is 0 Å². The van der Waals surface area contributed by atoms with Crippen molar-refractivity contribution in [2.24, 2.45) is 11.7 Å². The molecule has 1 aliphatic carbocycles. The van der Waals surface area contributed by atoms with Gasteiger partial charge in [-0.1, -0.05) is 48.9 Å². The molecule has 2 atom stereocenters. The van der Waals surface area contributed by atoms with Gasteiger partial charge in [0.25, 0.3) is 0 Å². The second-order valence-corrected chi connectivity index (χ2v) is 9.40. The maximum Gasteiger partial charge on any atom is 0.227 e. The summed E-state index contributed by atoms with van der Waals surface area (Å²) in [5.41, 5.74) is 8.04. The molecule has 3 rings (SSSR count). The van der Waals surface area contributed by atoms with E-state index < -0.39 is 9.84 Å². The van der Waals surface area contributed by atoms with E-state index in [0.717, 1.165) is 24.8 Å². The van der Waals surface area contributed by atoms with Crippen molar-refractivity contribution in [1.82, 2.24) is 0 Å². The summed E-state index contributed by atoms with van der Waals surface area (Å²) in [5.74, 6) is -0.154. The second-order valence-electron chi connectivity index (χ2n) is 7.33. The van der Waals surface area contributed by atoms with Crippen molar-refractivity contribution in [2.75, 3.05) is 5.32 Å². The zero-order valence-electron chi connectivity index (χ0n) is 15.3. The van der Waals surface area contributed by atoms with Gasteiger partial charge in [0.1, 0.15) is 0 Å². The van der Waals surface area contributed by atoms with E-state index in [4.69, 9.17) is 5.73 Å². The molecule has 144 valence electrons. The Balaban J connectivity index is 1.64. The summed E-state index contributed by atoms with van der Waals surface area (Å²) >= 11 is 0. The van der Waals surface area contributed by atoms with Crippen molar-refractivity contribution in [3.63, 3.8) is 0 Å². The molecule has 1 saturated carbocycles. The Morgan fingerprint density at radius 3 is 2.44 bits per heavy atom. The first-order chi connectivity index (χ1) is 12.9. The van der Waals surface area contributed by atoms with Crippen molar-refractivity contribution >= 4 is 21.4 Å². The van der Waals surface area contributed by atoms with E-state index in [-0.39, 0.29) is 29.4 Å². The molecule has 2 unspecified atom stereocenters. The van der Waals surface area contributed by atoms with E-state index in [1.807, 2.05) is 30.3 Å². The molecule has 0 aromatic heterocycles. The largest absolute Gasteiger partial charge is 0.328 e. The number of hydrogen-bond donors (Lipinski definition) is 2. The van der Waals surface area contributed by atoms with Gasteiger partial charge >= 0.3 is 0 Å². The summed E-state index contributed by atoms with van der Waals surface area (Å²) in [4.78, 5) is 12.5. The maximum absolute atomic E-state index is 12.5. The fourth-order valence-electron chi connectivity index (χ4n) is 3.58. The van der Waals surface area contributed by atoms with Crippen LogP contribution in [0.3, 0.4) is 0 Å². The third kappa shape index (κ3) is 5.91. The van der Waals surface area contributed by atoms with Gasteiger partial charge in [0, 0.05) is 17.6 Å². The van der Waals surface area contributed by atoms with Gasteiger partial charge in [-0.05, 0) is 42.5 Å². The van der Waals surface area contributed by atoms with Gasteiger partial charge in [0.05, 0.1) is 11.5 Å². The maximum atomic E-state index is 12.5. The van der Waals surface area contributed by atoms with Gasteiger partial charge in [-0.25, -0.2) is 8.42 Å². The summed E-state index contributed by atoms with van der Waals surface area (Å²) in [6.07, 6.45) is 3.50. The van der Waals surface area contributed by atoms with Crippen LogP contribution in [0.15, 0.2) is 54.6 Å². The smallest absolute Gasteiger partial charge is 0.227 e. The third-order valence-electron chi connectivity index (χ3n) is 4.90. The number of anilines is 1. The van der Waals surface area contributed by atoms with Gasteiger partial charge in [0.15, 0.2) is 9.84 Å². The Morgan fingerprint density at radius 2 is 1.70 bits per heavy atom. The molecule has 1 aliphatic rings. The number of benzene rings is 2. The first-order valence-corrected chi connectivity index (χ1v) is 11.1. The molecular formula is C21H26N2O3S. The van der Waals surface area contributed by atoms with Crippen LogP contribution < -0.4 is 11.1 Å². The summed E-state index contributed by atoms with van der Waals surface area (Å²) in [6.45, 7) is 0. The fraction of sp³-hybridized carbons (Fsp3) is 0.381. The lowest BCUT2D eigenvalue weighted by atomic mass is 9.85. The van der Waals surface area contributed by atoms with Crippen LogP contribution in [0.2, 0.25) is 0 Å². The predicted octanol–water partition coefficient (Wildman–Crippen LogP) is 3.26. The zero-order chi connectivity index (χ0) is 19.3. The molecule has 27 heavy (non-hydrogen) atoms. The Labute approximate surface area is 160 Å². The summed E-state index contributed by atoms with van der Waals surface area (Å²) in [6, 6.07) is 16.3. The highest BCUT2D eigenvalue weighted by Crippen LogP contribution is 2.25. The average molecular weight is 387 g/mol. The summed E-state index contributed by atoms with van der Waals surface area (Å²) in [5, 5.41) is 2.92. The highest BCUT2D eigenvalue weighted by Gasteiger charge is 2.25. The lowest BCUT2D eigenvalue weighted by Gasteiger charge is -2.25. The third-order valence-corrected chi connectivity index (χ3v) is 6.44. The Bertz CT molecular complexity index is 881. The van der Waals surface area contributed by atoms with Crippen molar-refractivity contribution in [2.45, 2.75) is 43.2 Å². The number of carbonyl (C=O) groups excluding carboxylic acids is 1. The fourth-order valence-corrected chi connectivity index (χ4v) is 5.07. The van der Waals surface area contributed by atoms with Gasteiger partial charge in [0.2, 0.25) is 5.91 Å². The van der Waals surface area contributed by atoms with Crippen LogP contribution in [0.4, 0.5) is 5.69 Å². The van der Waals surface area contributed by atoms with E-state index in [1.165, 1.54) is 0 Å². The lowest BCUT2D eigenvalue weighted by Crippen LogP contribution is -2.34. The Morgan fingerprint density at radius 1 is 1.00 bits per heavy atom. The molecule has 0 radical (unpaired) electrons. The first kappa shape index (κ1) is 19.6. The molecule has 6 heteroatoms. The lowest BCUT2D eigenvalue weighted by molar-refractivity contribution is -0.120. The van der Waals surface area contributed by atoms with E-state index in [0.29, 0.717) is 17.7 Å². The van der Waals surface area contributed by atoms with Crippen LogP contribution in [-0.4, -0.2) is 20.4 Å². The molecule has 5 nitrogen and oxygen atoms in total. The van der Waals surface area contributed by atoms with Crippen LogP contribution >= 0.6 is 0 Å². The minimum absolute atomic E-state index is 0.00435. The molecule has 0 saturated heterocycles. The van der Waals surface area contributed by atoms with E-state index in [9.17, 15) is 13.2 Å². The topological polar surface area (TPSA) is 89.3 Å². The van der Waals surface area contributed by atoms with Crippen LogP contribution in [-0.2, 0) is 26.1 Å². The highest BCUT2D eigenvalue weighted by atomic mass is 32.2. The summed E-state index contributed by atoms with van der Waals surface area (Å²) in [7, 11) is -3.29. The van der Waals surface area contributed by atoms with E-state index in [1.54, 1.807) is 24.3 Å². The van der Waals surface area contributed by atoms with E-state index in [2.05, 4.69) is 5.32 Å². The van der Waals surface area contributed by atoms with Crippen LogP contribution in [0.25, 0.3) is 0 Å². The molecule has 3 N–H and O–H groups in total. The first-order valence-electron chi connectivity index (χ1n) is 9.31. The molecule has 1 fully saturated rings. The molecule has 1 amide bonds. The van der Waals surface area contributed by atoms with Gasteiger partial charge < -0.3 is 11.1 Å². The monoisotopic (exact) mass is 386 g/mol. The van der Waals surface area contributed by atoms with Gasteiger partial charge in [-0.2, -0.15) is 0 Å². The van der Waals surface area contributed by atoms with Gasteiger partial charge in [-0.3, -0.25) is 4.79 Å². The number of carbonyl (C=O) groups is 1. The van der Waals surface area contributed by atoms with Crippen molar-refractivity contribution in [3.8, 4) is 0 Å². The molecule has 0 heterocycles. The zero-order valence-corrected chi connectivity index (χ0v) is 16.1. The highest BCUT2D eigenvalue weighted by molar-refractivity contribution is 7.89. The minimum atomic E-state index is -3.29. The Kier molecular flexibility index (Phi) is 6.29. The van der Waals surface area contributed by atoms with Crippen molar-refractivity contribution in [1.29, 1.82) is 0 Å². The van der Waals surface area contributed by atoms with Crippen molar-refractivity contribution < 1.29 is 13.2 Å². The van der Waals surface area contributed by atoms with Crippen LogP contribution in [0, 0.1) is 5.92 Å². The van der Waals surface area contributed by atoms with Gasteiger partial charge in [-0.15, -0.1) is 0 Å². The molecule has 2 aromatic carbocycles. The number of sulfone groups is 1. The normalized spacial score (nSPS) is 20.2. The standard InChI is InChI=1S/C21H26N2O3S/c22-19-10-5-9-18(13-19)21(24)23-20-11-4-8-17(12-20)15-27(25,26)14-16-6-2-1-3-7-16/h1-4,6-8,11-12,18-19H,5,9-10,13-15,22H2,(H,23,24). The second kappa shape index (κ2) is 8.67. The number of amides is 1.